The van der Waals surface area contributed by atoms with Crippen LogP contribution in [0.4, 0.5) is 0 Å². The van der Waals surface area contributed by atoms with E-state index in [2.05, 4.69) is 72.2 Å². The number of rotatable bonds is 7. The maximum Gasteiger partial charge on any atom is 0.0206 e. The largest absolute Gasteiger partial charge is 0.311 e. The van der Waals surface area contributed by atoms with E-state index in [1.165, 1.54) is 22.0 Å². The van der Waals surface area contributed by atoms with Crippen LogP contribution in [0.1, 0.15) is 31.4 Å². The molecule has 0 radical (unpaired) electrons. The molecule has 3 heteroatoms. The Morgan fingerprint density at radius 1 is 1.39 bits per heavy atom. The van der Waals surface area contributed by atoms with Gasteiger partial charge in [-0.3, -0.25) is 0 Å². The molecule has 0 aliphatic rings. The molecule has 0 spiro atoms. The van der Waals surface area contributed by atoms with Crippen molar-refractivity contribution >= 4 is 15.9 Å². The van der Waals surface area contributed by atoms with Crippen LogP contribution in [0.2, 0.25) is 0 Å². The van der Waals surface area contributed by atoms with Crippen LogP contribution >= 0.6 is 15.9 Å². The van der Waals surface area contributed by atoms with Gasteiger partial charge in [-0.2, -0.15) is 0 Å². The summed E-state index contributed by atoms with van der Waals surface area (Å²) in [7, 11) is 2.19. The first-order chi connectivity index (χ1) is 8.54. The summed E-state index contributed by atoms with van der Waals surface area (Å²) in [4.78, 5) is 2.40. The van der Waals surface area contributed by atoms with Gasteiger partial charge in [-0.25, -0.2) is 0 Å². The second-order valence-electron chi connectivity index (χ2n) is 5.00. The highest BCUT2D eigenvalue weighted by Crippen LogP contribution is 2.16. The van der Waals surface area contributed by atoms with Crippen LogP contribution < -0.4 is 5.32 Å². The lowest BCUT2D eigenvalue weighted by Crippen LogP contribution is -2.34. The molecule has 0 aromatic heterocycles. The Hall–Kier alpha value is -0.380. The highest BCUT2D eigenvalue weighted by atomic mass is 79.9. The fourth-order valence-electron chi connectivity index (χ4n) is 1.84. The van der Waals surface area contributed by atoms with Crippen LogP contribution in [-0.4, -0.2) is 31.1 Å². The van der Waals surface area contributed by atoms with Gasteiger partial charge in [-0.15, -0.1) is 0 Å². The zero-order valence-corrected chi connectivity index (χ0v) is 13.5. The molecule has 1 N–H and O–H groups in total. The molecule has 0 saturated carbocycles. The zero-order chi connectivity index (χ0) is 13.5. The Bertz CT molecular complexity index is 366. The van der Waals surface area contributed by atoms with Crippen LogP contribution in [-0.2, 0) is 6.54 Å². The molecular weight excluding hydrogens is 288 g/mol. The summed E-state index contributed by atoms with van der Waals surface area (Å²) < 4.78 is 1.18. The molecule has 102 valence electrons. The van der Waals surface area contributed by atoms with Crippen LogP contribution in [0.15, 0.2) is 22.7 Å². The molecule has 18 heavy (non-hydrogen) atoms. The minimum absolute atomic E-state index is 0.668. The van der Waals surface area contributed by atoms with Gasteiger partial charge in [0.25, 0.3) is 0 Å². The van der Waals surface area contributed by atoms with E-state index in [-0.39, 0.29) is 0 Å². The van der Waals surface area contributed by atoms with Crippen LogP contribution in [0.25, 0.3) is 0 Å². The Morgan fingerprint density at radius 2 is 2.11 bits per heavy atom. The molecule has 0 aliphatic carbocycles. The summed E-state index contributed by atoms with van der Waals surface area (Å²) in [6.07, 6.45) is 1.21. The average molecular weight is 313 g/mol. The summed E-state index contributed by atoms with van der Waals surface area (Å²) in [6.45, 7) is 9.73. The third kappa shape index (κ3) is 5.09. The highest BCUT2D eigenvalue weighted by molar-refractivity contribution is 9.10. The second kappa shape index (κ2) is 7.93. The van der Waals surface area contributed by atoms with Crippen LogP contribution in [0, 0.1) is 6.92 Å². The molecule has 0 saturated heterocycles. The molecule has 1 rings (SSSR count). The number of aryl methyl sites for hydroxylation is 1. The number of benzene rings is 1. The number of hydrogen-bond donors (Lipinski definition) is 1. The van der Waals surface area contributed by atoms with E-state index in [1.807, 2.05) is 0 Å². The molecule has 0 heterocycles. The minimum atomic E-state index is 0.668. The number of halogens is 1. The Labute approximate surface area is 120 Å². The first kappa shape index (κ1) is 15.7. The number of nitrogens with zero attached hydrogens (tertiary/aromatic N) is 1. The van der Waals surface area contributed by atoms with Gasteiger partial charge >= 0.3 is 0 Å². The molecule has 0 bridgehead atoms. The van der Waals surface area contributed by atoms with Crippen molar-refractivity contribution in [1.82, 2.24) is 10.2 Å². The predicted molar refractivity (Wildman–Crippen MR) is 83.0 cm³/mol. The van der Waals surface area contributed by atoms with Crippen molar-refractivity contribution in [3.8, 4) is 0 Å². The summed E-state index contributed by atoms with van der Waals surface area (Å²) >= 11 is 3.53. The molecule has 0 fully saturated rings. The lowest BCUT2D eigenvalue weighted by molar-refractivity contribution is 0.251. The van der Waals surface area contributed by atoms with Gasteiger partial charge in [0.15, 0.2) is 0 Å². The quantitative estimate of drug-likeness (QED) is 0.774. The fourth-order valence-corrected chi connectivity index (χ4v) is 2.08. The maximum atomic E-state index is 3.53. The van der Waals surface area contributed by atoms with E-state index >= 15 is 0 Å². The summed E-state index contributed by atoms with van der Waals surface area (Å²) in [5.74, 6) is 0. The maximum absolute atomic E-state index is 3.53. The molecular formula is C15H25BrN2. The van der Waals surface area contributed by atoms with Gasteiger partial charge in [0.05, 0.1) is 0 Å². The predicted octanol–water partition coefficient (Wildman–Crippen LogP) is 3.58. The first-order valence-corrected chi connectivity index (χ1v) is 7.50. The topological polar surface area (TPSA) is 15.3 Å². The van der Waals surface area contributed by atoms with E-state index in [4.69, 9.17) is 0 Å². The highest BCUT2D eigenvalue weighted by Gasteiger charge is 2.05. The van der Waals surface area contributed by atoms with Crippen molar-refractivity contribution in [3.05, 3.63) is 33.8 Å². The van der Waals surface area contributed by atoms with E-state index < -0.39 is 0 Å². The molecule has 1 unspecified atom stereocenters. The van der Waals surface area contributed by atoms with E-state index in [1.54, 1.807) is 0 Å². The molecule has 1 aromatic carbocycles. The average Bonchev–Trinajstić information content (AvgIpc) is 2.37. The van der Waals surface area contributed by atoms with Crippen molar-refractivity contribution in [1.29, 1.82) is 0 Å². The van der Waals surface area contributed by atoms with Crippen molar-refractivity contribution in [2.24, 2.45) is 0 Å². The van der Waals surface area contributed by atoms with Crippen molar-refractivity contribution < 1.29 is 0 Å². The summed E-state index contributed by atoms with van der Waals surface area (Å²) in [5, 5.41) is 3.50. The number of nitrogens with one attached hydrogen (secondary N) is 1. The zero-order valence-electron chi connectivity index (χ0n) is 12.0. The third-order valence-electron chi connectivity index (χ3n) is 3.54. The van der Waals surface area contributed by atoms with Gasteiger partial charge in [0.1, 0.15) is 0 Å². The van der Waals surface area contributed by atoms with Gasteiger partial charge in [-0.05, 0) is 44.5 Å². The second-order valence-corrected chi connectivity index (χ2v) is 5.85. The van der Waals surface area contributed by atoms with Gasteiger partial charge < -0.3 is 10.2 Å². The van der Waals surface area contributed by atoms with Crippen molar-refractivity contribution in [3.63, 3.8) is 0 Å². The third-order valence-corrected chi connectivity index (χ3v) is 4.43. The smallest absolute Gasteiger partial charge is 0.0206 e. The normalized spacial score (nSPS) is 13.0. The monoisotopic (exact) mass is 312 g/mol. The molecule has 0 amide bonds. The van der Waals surface area contributed by atoms with Crippen LogP contribution in [0.3, 0.4) is 0 Å². The summed E-state index contributed by atoms with van der Waals surface area (Å²) in [5.41, 5.74) is 2.65. The van der Waals surface area contributed by atoms with Gasteiger partial charge in [0.2, 0.25) is 0 Å². The van der Waals surface area contributed by atoms with Gasteiger partial charge in [0, 0.05) is 30.1 Å². The van der Waals surface area contributed by atoms with Gasteiger partial charge in [-0.1, -0.05) is 35.0 Å². The molecule has 1 aromatic rings. The molecule has 2 nitrogen and oxygen atoms in total. The van der Waals surface area contributed by atoms with E-state index in [0.717, 1.165) is 19.6 Å². The van der Waals surface area contributed by atoms with Crippen molar-refractivity contribution in [2.45, 2.75) is 39.8 Å². The molecule has 0 aliphatic heterocycles. The Balaban J connectivity index is 2.27. The number of likely N-dealkylation sites (N-methyl/N-ethyl adjacent to an activating group) is 1. The lowest BCUT2D eigenvalue weighted by Gasteiger charge is -2.23. The van der Waals surface area contributed by atoms with E-state index in [9.17, 15) is 0 Å². The lowest BCUT2D eigenvalue weighted by atomic mass is 10.1. The minimum Gasteiger partial charge on any atom is -0.311 e. The summed E-state index contributed by atoms with van der Waals surface area (Å²) in [6, 6.07) is 7.19. The van der Waals surface area contributed by atoms with Crippen LogP contribution in [0.5, 0.6) is 0 Å². The molecule has 1 atom stereocenters. The standard InChI is InChI=1S/C15H25BrN2/c1-5-13(3)18(4)9-8-17-11-14-6-7-15(16)12(2)10-14/h6-7,10,13,17H,5,8-9,11H2,1-4H3. The number of hydrogen-bond acceptors (Lipinski definition) is 2. The SMILES string of the molecule is CCC(C)N(C)CCNCc1ccc(Br)c(C)c1. The van der Waals surface area contributed by atoms with E-state index in [0.29, 0.717) is 6.04 Å². The first-order valence-electron chi connectivity index (χ1n) is 6.70. The Morgan fingerprint density at radius 3 is 2.72 bits per heavy atom. The van der Waals surface area contributed by atoms with Crippen molar-refractivity contribution in [2.75, 3.05) is 20.1 Å². The Kier molecular flexibility index (Phi) is 6.90. The fraction of sp³-hybridized carbons (Fsp3) is 0.600.